The normalized spacial score (nSPS) is 18.9. The topological polar surface area (TPSA) is 72.2 Å². The van der Waals surface area contributed by atoms with E-state index in [4.69, 9.17) is 5.73 Å². The number of hydrogen-bond donors (Lipinski definition) is 2. The van der Waals surface area contributed by atoms with Crippen LogP contribution in [0.4, 0.5) is 8.78 Å². The molecule has 0 aliphatic heterocycles. The summed E-state index contributed by atoms with van der Waals surface area (Å²) in [7, 11) is -3.91. The summed E-state index contributed by atoms with van der Waals surface area (Å²) in [5.41, 5.74) is 5.04. The third kappa shape index (κ3) is 3.16. The molecule has 0 radical (unpaired) electrons. The monoisotopic (exact) mass is 304 g/mol. The summed E-state index contributed by atoms with van der Waals surface area (Å²) in [6.45, 7) is 0.190. The van der Waals surface area contributed by atoms with Crippen molar-refractivity contribution in [2.24, 2.45) is 5.73 Å². The first-order valence-corrected chi connectivity index (χ1v) is 8.06. The van der Waals surface area contributed by atoms with Crippen LogP contribution < -0.4 is 10.5 Å². The second-order valence-electron chi connectivity index (χ2n) is 5.23. The lowest BCUT2D eigenvalue weighted by atomic mass is 9.83. The Morgan fingerprint density at radius 3 is 2.35 bits per heavy atom. The SMILES string of the molecule is NCC1(NS(=O)(=O)c2ccc(F)c(F)c2)CCCCC1. The Bertz CT molecular complexity index is 584. The molecule has 20 heavy (non-hydrogen) atoms. The van der Waals surface area contributed by atoms with Crippen LogP contribution in [-0.4, -0.2) is 20.5 Å². The molecule has 1 aliphatic carbocycles. The van der Waals surface area contributed by atoms with Gasteiger partial charge in [-0.05, 0) is 31.0 Å². The largest absolute Gasteiger partial charge is 0.329 e. The van der Waals surface area contributed by atoms with Crippen molar-refractivity contribution in [3.8, 4) is 0 Å². The van der Waals surface area contributed by atoms with Gasteiger partial charge in [-0.15, -0.1) is 0 Å². The van der Waals surface area contributed by atoms with Gasteiger partial charge in [0.2, 0.25) is 10.0 Å². The lowest BCUT2D eigenvalue weighted by Crippen LogP contribution is -2.54. The zero-order chi connectivity index (χ0) is 14.8. The van der Waals surface area contributed by atoms with Gasteiger partial charge < -0.3 is 5.73 Å². The molecule has 0 spiro atoms. The second-order valence-corrected chi connectivity index (χ2v) is 6.91. The van der Waals surface area contributed by atoms with Gasteiger partial charge in [-0.1, -0.05) is 19.3 Å². The van der Waals surface area contributed by atoms with Gasteiger partial charge in [0.25, 0.3) is 0 Å². The number of halogens is 2. The van der Waals surface area contributed by atoms with Crippen LogP contribution in [0.2, 0.25) is 0 Å². The maximum Gasteiger partial charge on any atom is 0.241 e. The molecule has 1 saturated carbocycles. The molecule has 0 amide bonds. The van der Waals surface area contributed by atoms with Crippen molar-refractivity contribution in [1.29, 1.82) is 0 Å². The van der Waals surface area contributed by atoms with E-state index in [1.54, 1.807) is 0 Å². The lowest BCUT2D eigenvalue weighted by Gasteiger charge is -2.36. The molecule has 0 unspecified atom stereocenters. The van der Waals surface area contributed by atoms with E-state index in [2.05, 4.69) is 4.72 Å². The second kappa shape index (κ2) is 5.75. The first-order valence-electron chi connectivity index (χ1n) is 6.58. The van der Waals surface area contributed by atoms with Crippen LogP contribution >= 0.6 is 0 Å². The van der Waals surface area contributed by atoms with E-state index < -0.39 is 27.2 Å². The Balaban J connectivity index is 2.27. The van der Waals surface area contributed by atoms with Crippen LogP contribution in [0.25, 0.3) is 0 Å². The number of nitrogens with two attached hydrogens (primary N) is 1. The van der Waals surface area contributed by atoms with Gasteiger partial charge in [-0.2, -0.15) is 0 Å². The number of hydrogen-bond acceptors (Lipinski definition) is 3. The standard InChI is InChI=1S/C13H18F2N2O2S/c14-11-5-4-10(8-12(11)15)20(18,19)17-13(9-16)6-2-1-3-7-13/h4-5,8,17H,1-3,6-7,9,16H2. The van der Waals surface area contributed by atoms with Crippen LogP contribution in [0.3, 0.4) is 0 Å². The minimum atomic E-state index is -3.91. The van der Waals surface area contributed by atoms with Gasteiger partial charge in [0.05, 0.1) is 4.90 Å². The number of rotatable bonds is 4. The van der Waals surface area contributed by atoms with Gasteiger partial charge in [0, 0.05) is 12.1 Å². The highest BCUT2D eigenvalue weighted by Gasteiger charge is 2.35. The van der Waals surface area contributed by atoms with E-state index in [0.29, 0.717) is 18.9 Å². The first kappa shape index (κ1) is 15.3. The van der Waals surface area contributed by atoms with Gasteiger partial charge >= 0.3 is 0 Å². The third-order valence-electron chi connectivity index (χ3n) is 3.75. The van der Waals surface area contributed by atoms with E-state index in [1.807, 2.05) is 0 Å². The van der Waals surface area contributed by atoms with Crippen LogP contribution in [-0.2, 0) is 10.0 Å². The molecule has 1 aromatic carbocycles. The smallest absolute Gasteiger partial charge is 0.241 e. The van der Waals surface area contributed by atoms with Crippen molar-refractivity contribution in [3.05, 3.63) is 29.8 Å². The Labute approximate surface area is 117 Å². The summed E-state index contributed by atoms with van der Waals surface area (Å²) in [5, 5.41) is 0. The maximum absolute atomic E-state index is 13.2. The molecule has 1 aromatic rings. The van der Waals surface area contributed by atoms with Gasteiger partial charge in [-0.25, -0.2) is 21.9 Å². The van der Waals surface area contributed by atoms with Crippen molar-refractivity contribution >= 4 is 10.0 Å². The predicted molar refractivity (Wildman–Crippen MR) is 71.5 cm³/mol. The minimum absolute atomic E-state index is 0.190. The Morgan fingerprint density at radius 2 is 1.80 bits per heavy atom. The molecule has 0 atom stereocenters. The van der Waals surface area contributed by atoms with Crippen molar-refractivity contribution < 1.29 is 17.2 Å². The molecule has 1 fully saturated rings. The van der Waals surface area contributed by atoms with Crippen LogP contribution in [0.5, 0.6) is 0 Å². The summed E-state index contributed by atoms with van der Waals surface area (Å²) in [6.07, 6.45) is 4.17. The van der Waals surface area contributed by atoms with Gasteiger partial charge in [0.1, 0.15) is 0 Å². The highest BCUT2D eigenvalue weighted by Crippen LogP contribution is 2.29. The van der Waals surface area contributed by atoms with Crippen LogP contribution in [0.1, 0.15) is 32.1 Å². The molecule has 0 bridgehead atoms. The number of sulfonamides is 1. The van der Waals surface area contributed by atoms with E-state index in [9.17, 15) is 17.2 Å². The quantitative estimate of drug-likeness (QED) is 0.892. The summed E-state index contributed by atoms with van der Waals surface area (Å²) >= 11 is 0. The van der Waals surface area contributed by atoms with Gasteiger partial charge in [-0.3, -0.25) is 0 Å². The zero-order valence-corrected chi connectivity index (χ0v) is 11.8. The van der Waals surface area contributed by atoms with E-state index in [-0.39, 0.29) is 11.4 Å². The average Bonchev–Trinajstić information content (AvgIpc) is 2.42. The van der Waals surface area contributed by atoms with E-state index in [1.165, 1.54) is 0 Å². The molecule has 7 heteroatoms. The molecule has 0 aromatic heterocycles. The van der Waals surface area contributed by atoms with Crippen molar-refractivity contribution in [3.63, 3.8) is 0 Å². The maximum atomic E-state index is 13.2. The minimum Gasteiger partial charge on any atom is -0.329 e. The van der Waals surface area contributed by atoms with Crippen molar-refractivity contribution in [2.45, 2.75) is 42.5 Å². The Kier molecular flexibility index (Phi) is 4.41. The predicted octanol–water partition coefficient (Wildman–Crippen LogP) is 1.90. The van der Waals surface area contributed by atoms with Crippen molar-refractivity contribution in [1.82, 2.24) is 4.72 Å². The Hall–Kier alpha value is -1.05. The molecule has 112 valence electrons. The molecule has 3 N–H and O–H groups in total. The summed E-state index contributed by atoms with van der Waals surface area (Å²) < 4.78 is 53.2. The number of nitrogens with one attached hydrogen (secondary N) is 1. The average molecular weight is 304 g/mol. The Morgan fingerprint density at radius 1 is 1.15 bits per heavy atom. The van der Waals surface area contributed by atoms with Crippen LogP contribution in [0.15, 0.2) is 23.1 Å². The van der Waals surface area contributed by atoms with Gasteiger partial charge in [0.15, 0.2) is 11.6 Å². The molecule has 0 saturated heterocycles. The molecule has 4 nitrogen and oxygen atoms in total. The number of benzene rings is 1. The fraction of sp³-hybridized carbons (Fsp3) is 0.538. The highest BCUT2D eigenvalue weighted by molar-refractivity contribution is 7.89. The summed E-state index contributed by atoms with van der Waals surface area (Å²) in [6, 6.07) is 2.54. The summed E-state index contributed by atoms with van der Waals surface area (Å²) in [5.74, 6) is -2.26. The third-order valence-corrected chi connectivity index (χ3v) is 5.33. The fourth-order valence-corrected chi connectivity index (χ4v) is 4.05. The molecular weight excluding hydrogens is 286 g/mol. The van der Waals surface area contributed by atoms with Crippen molar-refractivity contribution in [2.75, 3.05) is 6.54 Å². The molecule has 2 rings (SSSR count). The van der Waals surface area contributed by atoms with E-state index >= 15 is 0 Å². The van der Waals surface area contributed by atoms with E-state index in [0.717, 1.165) is 31.4 Å². The molecular formula is C13H18F2N2O2S. The molecule has 0 heterocycles. The zero-order valence-electron chi connectivity index (χ0n) is 11.0. The highest BCUT2D eigenvalue weighted by atomic mass is 32.2. The van der Waals surface area contributed by atoms with Crippen LogP contribution in [0, 0.1) is 11.6 Å². The molecule has 1 aliphatic rings. The fourth-order valence-electron chi connectivity index (χ4n) is 2.56. The lowest BCUT2D eigenvalue weighted by molar-refractivity contribution is 0.276. The summed E-state index contributed by atoms with van der Waals surface area (Å²) in [4.78, 5) is -0.283. The first-order chi connectivity index (χ1) is 9.38.